The van der Waals surface area contributed by atoms with Gasteiger partial charge in [0.05, 0.1) is 6.42 Å². The van der Waals surface area contributed by atoms with Crippen molar-refractivity contribution in [1.29, 1.82) is 0 Å². The molecule has 2 heterocycles. The number of hydrogen-bond acceptors (Lipinski definition) is 8. The van der Waals surface area contributed by atoms with Gasteiger partial charge in [-0.15, -0.1) is 0 Å². The van der Waals surface area contributed by atoms with Gasteiger partial charge in [0.15, 0.2) is 0 Å². The molecule has 200 valence electrons. The van der Waals surface area contributed by atoms with Crippen LogP contribution in [0.15, 0.2) is 23.9 Å². The van der Waals surface area contributed by atoms with Crippen LogP contribution in [0, 0.1) is 11.8 Å². The third-order valence-electron chi connectivity index (χ3n) is 5.59. The van der Waals surface area contributed by atoms with Gasteiger partial charge in [-0.25, -0.2) is 4.79 Å². The maximum atomic E-state index is 13.2. The van der Waals surface area contributed by atoms with Crippen LogP contribution < -0.4 is 21.3 Å². The van der Waals surface area contributed by atoms with Crippen LogP contribution >= 0.6 is 21.6 Å². The molecule has 1 fully saturated rings. The maximum Gasteiger partial charge on any atom is 0.329 e. The van der Waals surface area contributed by atoms with Gasteiger partial charge in [-0.3, -0.25) is 19.2 Å². The van der Waals surface area contributed by atoms with Crippen molar-refractivity contribution >= 4 is 51.2 Å². The smallest absolute Gasteiger partial charge is 0.329 e. The fourth-order valence-corrected chi connectivity index (χ4v) is 5.66. The van der Waals surface area contributed by atoms with E-state index in [-0.39, 0.29) is 29.7 Å². The third kappa shape index (κ3) is 8.88. The van der Waals surface area contributed by atoms with Crippen molar-refractivity contribution in [3.8, 4) is 0 Å². The predicted molar refractivity (Wildman–Crippen MR) is 141 cm³/mol. The zero-order valence-corrected chi connectivity index (χ0v) is 22.9. The monoisotopic (exact) mass is 540 g/mol. The molecule has 4 atom stereocenters. The zero-order chi connectivity index (χ0) is 26.8. The molecule has 12 heteroatoms. The highest BCUT2D eigenvalue weighted by Crippen LogP contribution is 2.24. The van der Waals surface area contributed by atoms with E-state index in [0.717, 1.165) is 0 Å². The van der Waals surface area contributed by atoms with Gasteiger partial charge in [0.1, 0.15) is 29.9 Å². The van der Waals surface area contributed by atoms with Crippen molar-refractivity contribution in [3.05, 3.63) is 23.9 Å². The second-order valence-electron chi connectivity index (χ2n) is 9.24. The molecule has 0 saturated carbocycles. The summed E-state index contributed by atoms with van der Waals surface area (Å²) < 4.78 is 5.65. The fourth-order valence-electron chi connectivity index (χ4n) is 3.50. The molecule has 0 aromatic heterocycles. The Morgan fingerprint density at radius 3 is 2.28 bits per heavy atom. The third-order valence-corrected chi connectivity index (χ3v) is 8.03. The number of nitrogens with one attached hydrogen (secondary N) is 4. The van der Waals surface area contributed by atoms with Gasteiger partial charge in [-0.05, 0) is 31.3 Å². The van der Waals surface area contributed by atoms with Crippen LogP contribution in [0.3, 0.4) is 0 Å². The van der Waals surface area contributed by atoms with Crippen molar-refractivity contribution in [2.75, 3.05) is 11.5 Å². The number of ether oxygens (including phenoxy) is 1. The van der Waals surface area contributed by atoms with Crippen molar-refractivity contribution in [3.63, 3.8) is 0 Å². The maximum absolute atomic E-state index is 13.2. The second kappa shape index (κ2) is 14.3. The summed E-state index contributed by atoms with van der Waals surface area (Å²) in [7, 11) is 2.95. The number of hydrogen-bond donors (Lipinski definition) is 4. The number of fused-ring (bicyclic) bond motifs is 7. The van der Waals surface area contributed by atoms with E-state index in [4.69, 9.17) is 4.74 Å². The lowest BCUT2D eigenvalue weighted by Gasteiger charge is -2.27. The molecule has 2 aliphatic rings. The van der Waals surface area contributed by atoms with E-state index in [1.165, 1.54) is 27.7 Å². The molecule has 0 aliphatic carbocycles. The van der Waals surface area contributed by atoms with Crippen molar-refractivity contribution in [2.45, 2.75) is 71.7 Å². The number of amides is 4. The Bertz CT molecular complexity index is 905. The fraction of sp³-hybridized carbons (Fsp3) is 0.625. The van der Waals surface area contributed by atoms with Crippen LogP contribution in [0.1, 0.15) is 47.5 Å². The first-order chi connectivity index (χ1) is 17.0. The van der Waals surface area contributed by atoms with Crippen LogP contribution in [-0.4, -0.2) is 65.3 Å². The van der Waals surface area contributed by atoms with E-state index in [2.05, 4.69) is 21.3 Å². The molecule has 10 nitrogen and oxygen atoms in total. The Balaban J connectivity index is 2.55. The number of carbonyl (C=O) groups excluding carboxylic acids is 5. The van der Waals surface area contributed by atoms with Crippen molar-refractivity contribution in [1.82, 2.24) is 21.3 Å². The largest absolute Gasteiger partial charge is 0.456 e. The molecule has 0 aromatic carbocycles. The first-order valence-corrected chi connectivity index (χ1v) is 14.5. The van der Waals surface area contributed by atoms with Crippen LogP contribution in [0.4, 0.5) is 0 Å². The normalized spacial score (nSPS) is 29.6. The molecule has 2 bridgehead atoms. The van der Waals surface area contributed by atoms with Gasteiger partial charge in [-0.1, -0.05) is 61.4 Å². The molecule has 2 aliphatic heterocycles. The number of esters is 1. The van der Waals surface area contributed by atoms with Gasteiger partial charge >= 0.3 is 5.97 Å². The summed E-state index contributed by atoms with van der Waals surface area (Å²) in [5.74, 6) is -2.54. The Hall–Kier alpha value is -2.47. The Morgan fingerprint density at radius 1 is 0.944 bits per heavy atom. The van der Waals surface area contributed by atoms with Crippen molar-refractivity contribution < 1.29 is 28.7 Å². The van der Waals surface area contributed by atoms with E-state index in [1.54, 1.807) is 40.7 Å². The van der Waals surface area contributed by atoms with E-state index in [0.29, 0.717) is 12.2 Å². The average molecular weight is 541 g/mol. The average Bonchev–Trinajstić information content (AvgIpc) is 2.81. The number of rotatable bonds is 2. The molecule has 1 saturated heterocycles. The highest BCUT2D eigenvalue weighted by molar-refractivity contribution is 8.76. The summed E-state index contributed by atoms with van der Waals surface area (Å²) in [5, 5.41) is 10.7. The Morgan fingerprint density at radius 2 is 1.64 bits per heavy atom. The quantitative estimate of drug-likeness (QED) is 0.178. The minimum absolute atomic E-state index is 0.0445. The van der Waals surface area contributed by atoms with Crippen LogP contribution in [-0.2, 0) is 28.7 Å². The lowest BCUT2D eigenvalue weighted by atomic mass is 10.0. The molecule has 4 N–H and O–H groups in total. The highest BCUT2D eigenvalue weighted by Gasteiger charge is 2.33. The first kappa shape index (κ1) is 29.8. The summed E-state index contributed by atoms with van der Waals surface area (Å²) in [6.07, 6.45) is 4.51. The second-order valence-corrected chi connectivity index (χ2v) is 11.9. The molecule has 0 radical (unpaired) electrons. The minimum Gasteiger partial charge on any atom is -0.456 e. The molecular formula is C24H36N4O6S2. The molecule has 2 rings (SSSR count). The summed E-state index contributed by atoms with van der Waals surface area (Å²) in [6.45, 7) is 8.66. The molecular weight excluding hydrogens is 504 g/mol. The lowest BCUT2D eigenvalue weighted by molar-refractivity contribution is -0.153. The van der Waals surface area contributed by atoms with E-state index in [9.17, 15) is 24.0 Å². The standard InChI is InChI=1S/C24H36N4O6S2/c1-6-16-21(30)28-20(14(4)5)24(33)34-15-9-7-8-10-35-36-12-17(22(31)25-16)26-23(32)19(13(2)3)27-18(29)11-15/h6-7,9,13-15,17,19-20H,8,10-12H2,1-5H3,(H,25,31)(H,26,32)(H,27,29)(H,28,30)/b9-7-,16-6-/t15-,17-,19-,20?/m1/s1. The molecule has 0 aromatic rings. The Labute approximate surface area is 220 Å². The molecule has 36 heavy (non-hydrogen) atoms. The number of carbonyl (C=O) groups is 5. The topological polar surface area (TPSA) is 143 Å². The van der Waals surface area contributed by atoms with Crippen molar-refractivity contribution in [2.24, 2.45) is 11.8 Å². The van der Waals surface area contributed by atoms with E-state index >= 15 is 0 Å². The van der Waals surface area contributed by atoms with Crippen LogP contribution in [0.5, 0.6) is 0 Å². The summed E-state index contributed by atoms with van der Waals surface area (Å²) in [5.41, 5.74) is -0.0445. The molecule has 0 spiro atoms. The molecule has 4 amide bonds. The van der Waals surface area contributed by atoms with Gasteiger partial charge < -0.3 is 26.0 Å². The van der Waals surface area contributed by atoms with Crippen LogP contribution in [0.25, 0.3) is 0 Å². The van der Waals surface area contributed by atoms with Gasteiger partial charge in [0, 0.05) is 11.5 Å². The first-order valence-electron chi connectivity index (χ1n) is 12.0. The predicted octanol–water partition coefficient (Wildman–Crippen LogP) is 1.43. The summed E-state index contributed by atoms with van der Waals surface area (Å²) in [6, 6.07) is -2.86. The Kier molecular flexibility index (Phi) is 11.8. The SMILES string of the molecule is C/C=C1\NC(=O)[C@H]2CSSCC/C=C\[C@H](CC(=O)N[C@H](C(C)C)C(=O)N2)OC(=O)C(C(C)C)NC1=O. The van der Waals surface area contributed by atoms with Gasteiger partial charge in [0.2, 0.25) is 17.7 Å². The highest BCUT2D eigenvalue weighted by atomic mass is 33.1. The van der Waals surface area contributed by atoms with E-state index < -0.39 is 53.8 Å². The minimum atomic E-state index is -1.00. The summed E-state index contributed by atoms with van der Waals surface area (Å²) in [4.78, 5) is 65.2. The van der Waals surface area contributed by atoms with Gasteiger partial charge in [0.25, 0.3) is 5.91 Å². The summed E-state index contributed by atoms with van der Waals surface area (Å²) >= 11 is 0. The molecule has 1 unspecified atom stereocenters. The number of allylic oxidation sites excluding steroid dienone is 2. The van der Waals surface area contributed by atoms with E-state index in [1.807, 2.05) is 6.08 Å². The zero-order valence-electron chi connectivity index (χ0n) is 21.3. The van der Waals surface area contributed by atoms with Gasteiger partial charge in [-0.2, -0.15) is 0 Å². The lowest BCUT2D eigenvalue weighted by Crippen LogP contribution is -2.57. The van der Waals surface area contributed by atoms with Crippen LogP contribution in [0.2, 0.25) is 0 Å².